The number of nitrogens with zero attached hydrogens (tertiary/aromatic N) is 2. The van der Waals surface area contributed by atoms with Gasteiger partial charge < -0.3 is 9.47 Å². The van der Waals surface area contributed by atoms with Gasteiger partial charge in [0.05, 0.1) is 17.6 Å². The molecule has 11 heteroatoms. The number of methoxy groups -OCH3 is 1. The maximum Gasteiger partial charge on any atom is 0.574 e. The van der Waals surface area contributed by atoms with Crippen LogP contribution in [0.5, 0.6) is 5.88 Å². The first-order valence-corrected chi connectivity index (χ1v) is 5.42. The summed E-state index contributed by atoms with van der Waals surface area (Å²) in [7, 11) is 1.02. The van der Waals surface area contributed by atoms with E-state index in [0.29, 0.717) is 6.20 Å². The zero-order valence-corrected chi connectivity index (χ0v) is 11.2. The predicted molar refractivity (Wildman–Crippen MR) is 61.6 cm³/mol. The monoisotopic (exact) mass is 392 g/mol. The number of ether oxygens (including phenoxy) is 2. The highest BCUT2D eigenvalue weighted by molar-refractivity contribution is 14.1. The fourth-order valence-corrected chi connectivity index (χ4v) is 1.84. The Morgan fingerprint density at radius 1 is 1.53 bits per heavy atom. The number of nitro groups is 1. The third-order valence-electron chi connectivity index (χ3n) is 1.76. The van der Waals surface area contributed by atoms with Gasteiger partial charge in [0.2, 0.25) is 0 Å². The van der Waals surface area contributed by atoms with E-state index in [9.17, 15) is 28.1 Å². The van der Waals surface area contributed by atoms with Crippen molar-refractivity contribution in [1.29, 1.82) is 0 Å². The summed E-state index contributed by atoms with van der Waals surface area (Å²) < 4.78 is 43.6. The third-order valence-corrected chi connectivity index (χ3v) is 2.85. The second-order valence-electron chi connectivity index (χ2n) is 2.94. The fraction of sp³-hybridized carbons (Fsp3) is 0.250. The second kappa shape index (κ2) is 5.54. The molecule has 1 heterocycles. The molecule has 0 amide bonds. The van der Waals surface area contributed by atoms with Gasteiger partial charge in [-0.2, -0.15) is 0 Å². The molecule has 0 atom stereocenters. The lowest BCUT2D eigenvalue weighted by Crippen LogP contribution is -2.20. The van der Waals surface area contributed by atoms with Gasteiger partial charge in [-0.3, -0.25) is 10.1 Å². The molecule has 0 aromatic carbocycles. The SMILES string of the molecule is COC(=O)c1cnc(OC(F)(F)F)c([N+](=O)[O-])c1I. The van der Waals surface area contributed by atoms with E-state index in [1.807, 2.05) is 0 Å². The van der Waals surface area contributed by atoms with Crippen molar-refractivity contribution in [3.05, 3.63) is 25.4 Å². The summed E-state index contributed by atoms with van der Waals surface area (Å²) in [4.78, 5) is 24.0. The molecule has 0 fully saturated rings. The van der Waals surface area contributed by atoms with Crippen LogP contribution in [-0.4, -0.2) is 29.3 Å². The Morgan fingerprint density at radius 3 is 2.53 bits per heavy atom. The first kappa shape index (κ1) is 15.4. The van der Waals surface area contributed by atoms with Crippen LogP contribution in [0.2, 0.25) is 0 Å². The second-order valence-corrected chi connectivity index (χ2v) is 4.01. The molecular weight excluding hydrogens is 388 g/mol. The Hall–Kier alpha value is -1.66. The summed E-state index contributed by atoms with van der Waals surface area (Å²) in [6.45, 7) is 0. The Bertz CT molecular complexity index is 534. The third kappa shape index (κ3) is 3.65. The van der Waals surface area contributed by atoms with Crippen LogP contribution in [0.4, 0.5) is 18.9 Å². The van der Waals surface area contributed by atoms with E-state index >= 15 is 0 Å². The minimum Gasteiger partial charge on any atom is -0.465 e. The van der Waals surface area contributed by atoms with Crippen molar-refractivity contribution in [2.75, 3.05) is 7.11 Å². The average molecular weight is 392 g/mol. The normalized spacial score (nSPS) is 11.0. The van der Waals surface area contributed by atoms with Gasteiger partial charge in [0.1, 0.15) is 3.57 Å². The summed E-state index contributed by atoms with van der Waals surface area (Å²) >= 11 is 1.34. The molecule has 0 saturated carbocycles. The molecule has 0 aliphatic rings. The lowest BCUT2D eigenvalue weighted by Gasteiger charge is -2.10. The minimum atomic E-state index is -5.13. The number of hydrogen-bond acceptors (Lipinski definition) is 6. The minimum absolute atomic E-state index is 0.329. The van der Waals surface area contributed by atoms with Crippen molar-refractivity contribution in [3.63, 3.8) is 0 Å². The van der Waals surface area contributed by atoms with Crippen LogP contribution >= 0.6 is 22.6 Å². The number of carbonyl (C=O) groups excluding carboxylic acids is 1. The molecule has 0 saturated heterocycles. The Balaban J connectivity index is 3.40. The average Bonchev–Trinajstić information content (AvgIpc) is 2.25. The summed E-state index contributed by atoms with van der Waals surface area (Å²) in [5.74, 6) is -2.20. The van der Waals surface area contributed by atoms with Crippen molar-refractivity contribution in [2.45, 2.75) is 6.36 Å². The molecule has 104 valence electrons. The number of alkyl halides is 3. The molecule has 0 radical (unpaired) electrons. The van der Waals surface area contributed by atoms with Gasteiger partial charge in [-0.05, 0) is 22.6 Å². The number of halogens is 4. The number of esters is 1. The Labute approximate surface area is 117 Å². The zero-order valence-electron chi connectivity index (χ0n) is 9.02. The smallest absolute Gasteiger partial charge is 0.465 e. The lowest BCUT2D eigenvalue weighted by molar-refractivity contribution is -0.390. The van der Waals surface area contributed by atoms with E-state index in [4.69, 9.17) is 0 Å². The zero-order chi connectivity index (χ0) is 14.8. The standard InChI is InChI=1S/C8H4F3IN2O5/c1-18-7(15)3-2-13-6(19-8(9,10)11)5(4(3)12)14(16)17/h2H,1H3. The van der Waals surface area contributed by atoms with Gasteiger partial charge in [-0.15, -0.1) is 13.2 Å². The molecule has 0 aliphatic heterocycles. The summed E-state index contributed by atoms with van der Waals surface area (Å²) in [6.07, 6.45) is -4.42. The Morgan fingerprint density at radius 2 is 2.11 bits per heavy atom. The van der Waals surface area contributed by atoms with Crippen LogP contribution in [-0.2, 0) is 4.74 Å². The molecule has 0 N–H and O–H groups in total. The summed E-state index contributed by atoms with van der Waals surface area (Å²) in [6, 6.07) is 0. The van der Waals surface area contributed by atoms with E-state index in [1.54, 1.807) is 0 Å². The first-order chi connectivity index (χ1) is 8.67. The highest BCUT2D eigenvalue weighted by atomic mass is 127. The number of aromatic nitrogens is 1. The van der Waals surface area contributed by atoms with E-state index in [2.05, 4.69) is 14.5 Å². The van der Waals surface area contributed by atoms with Crippen molar-refractivity contribution < 1.29 is 32.4 Å². The van der Waals surface area contributed by atoms with Gasteiger partial charge in [0.25, 0.3) is 0 Å². The number of pyridine rings is 1. The van der Waals surface area contributed by atoms with E-state index < -0.39 is 28.8 Å². The summed E-state index contributed by atoms with van der Waals surface area (Å²) in [5, 5.41) is 10.8. The highest BCUT2D eigenvalue weighted by Crippen LogP contribution is 2.35. The molecule has 19 heavy (non-hydrogen) atoms. The van der Waals surface area contributed by atoms with Gasteiger partial charge in [0.15, 0.2) is 0 Å². The topological polar surface area (TPSA) is 91.6 Å². The van der Waals surface area contributed by atoms with Gasteiger partial charge >= 0.3 is 23.9 Å². The van der Waals surface area contributed by atoms with Crippen molar-refractivity contribution in [1.82, 2.24) is 4.98 Å². The highest BCUT2D eigenvalue weighted by Gasteiger charge is 2.37. The maximum atomic E-state index is 12.1. The molecule has 0 bridgehead atoms. The maximum absolute atomic E-state index is 12.1. The van der Waals surface area contributed by atoms with E-state index in [1.165, 1.54) is 22.6 Å². The van der Waals surface area contributed by atoms with Crippen LogP contribution in [0, 0.1) is 13.7 Å². The lowest BCUT2D eigenvalue weighted by atomic mass is 10.2. The van der Waals surface area contributed by atoms with E-state index in [0.717, 1.165) is 7.11 Å². The number of hydrogen-bond donors (Lipinski definition) is 0. The van der Waals surface area contributed by atoms with E-state index in [-0.39, 0.29) is 9.13 Å². The fourth-order valence-electron chi connectivity index (χ4n) is 1.06. The number of rotatable bonds is 3. The molecule has 0 aliphatic carbocycles. The molecule has 7 nitrogen and oxygen atoms in total. The molecule has 1 rings (SSSR count). The quantitative estimate of drug-likeness (QED) is 0.339. The van der Waals surface area contributed by atoms with Crippen LogP contribution in [0.15, 0.2) is 6.20 Å². The predicted octanol–water partition coefficient (Wildman–Crippen LogP) is 2.28. The Kier molecular flexibility index (Phi) is 4.49. The van der Waals surface area contributed by atoms with Gasteiger partial charge in [-0.25, -0.2) is 9.78 Å². The van der Waals surface area contributed by atoms with Crippen LogP contribution in [0.1, 0.15) is 10.4 Å². The molecule has 1 aromatic heterocycles. The largest absolute Gasteiger partial charge is 0.574 e. The summed E-state index contributed by atoms with van der Waals surface area (Å²) in [5.41, 5.74) is -1.38. The van der Waals surface area contributed by atoms with Crippen LogP contribution in [0.3, 0.4) is 0 Å². The first-order valence-electron chi connectivity index (χ1n) is 4.34. The van der Waals surface area contributed by atoms with Crippen molar-refractivity contribution >= 4 is 34.2 Å². The molecular formula is C8H4F3IN2O5. The van der Waals surface area contributed by atoms with Crippen LogP contribution < -0.4 is 4.74 Å². The molecule has 0 unspecified atom stereocenters. The van der Waals surface area contributed by atoms with Crippen LogP contribution in [0.25, 0.3) is 0 Å². The molecule has 1 aromatic rings. The van der Waals surface area contributed by atoms with Crippen molar-refractivity contribution in [2.24, 2.45) is 0 Å². The van der Waals surface area contributed by atoms with Crippen molar-refractivity contribution in [3.8, 4) is 5.88 Å². The molecule has 0 spiro atoms. The number of carbonyl (C=O) groups is 1. The van der Waals surface area contributed by atoms with Gasteiger partial charge in [0, 0.05) is 6.20 Å². The van der Waals surface area contributed by atoms with Gasteiger partial charge in [-0.1, -0.05) is 0 Å².